The van der Waals surface area contributed by atoms with Crippen molar-refractivity contribution in [2.45, 2.75) is 39.0 Å². The fourth-order valence-corrected chi connectivity index (χ4v) is 8.46. The lowest BCUT2D eigenvalue weighted by molar-refractivity contribution is 0.661. The zero-order valence-electron chi connectivity index (χ0n) is 25.8. The molecule has 1 nitrogen and oxygen atoms in total. The third kappa shape index (κ3) is 3.37. The van der Waals surface area contributed by atoms with E-state index in [-0.39, 0.29) is 5.41 Å². The van der Waals surface area contributed by atoms with Gasteiger partial charge in [0.15, 0.2) is 7.28 Å². The summed E-state index contributed by atoms with van der Waals surface area (Å²) in [7, 11) is 0.922. The van der Waals surface area contributed by atoms with Gasteiger partial charge in [-0.2, -0.15) is 0 Å². The van der Waals surface area contributed by atoms with E-state index in [9.17, 15) is 0 Å². The van der Waals surface area contributed by atoms with E-state index in [4.69, 9.17) is 0 Å². The van der Waals surface area contributed by atoms with Gasteiger partial charge in [-0.25, -0.2) is 0 Å². The van der Waals surface area contributed by atoms with Crippen molar-refractivity contribution in [3.63, 3.8) is 0 Å². The van der Waals surface area contributed by atoms with Crippen LogP contribution < -0.4 is 10.9 Å². The number of hydrogen-bond acceptors (Lipinski definition) is 0. The highest BCUT2D eigenvalue weighted by Crippen LogP contribution is 2.49. The van der Waals surface area contributed by atoms with Crippen LogP contribution in [-0.4, -0.2) is 11.8 Å². The number of aromatic nitrogens is 1. The van der Waals surface area contributed by atoms with Crippen LogP contribution in [0.2, 0.25) is 0 Å². The summed E-state index contributed by atoms with van der Waals surface area (Å²) in [6, 6.07) is 45.5. The summed E-state index contributed by atoms with van der Waals surface area (Å²) >= 11 is 0. The summed E-state index contributed by atoms with van der Waals surface area (Å²) < 4.78 is 2.59. The van der Waals surface area contributed by atoms with Gasteiger partial charge in [0.05, 0.1) is 5.52 Å². The first-order valence-corrected chi connectivity index (χ1v) is 15.9. The second-order valence-electron chi connectivity index (χ2n) is 13.4. The van der Waals surface area contributed by atoms with Crippen molar-refractivity contribution < 1.29 is 0 Å². The number of fused-ring (bicyclic) bond motifs is 8. The molecule has 7 aromatic rings. The number of aryl methyl sites for hydroxylation is 1. The van der Waals surface area contributed by atoms with Crippen LogP contribution >= 0.6 is 0 Å². The van der Waals surface area contributed by atoms with E-state index in [1.54, 1.807) is 0 Å². The lowest BCUT2D eigenvalue weighted by Gasteiger charge is -2.27. The Morgan fingerprint density at radius 3 is 2.20 bits per heavy atom. The van der Waals surface area contributed by atoms with Crippen molar-refractivity contribution in [3.8, 4) is 27.9 Å². The number of benzene rings is 6. The Morgan fingerprint density at radius 1 is 0.659 bits per heavy atom. The maximum absolute atomic E-state index is 2.59. The maximum atomic E-state index is 2.59. The maximum Gasteiger partial charge on any atom is 0.198 e. The van der Waals surface area contributed by atoms with Crippen molar-refractivity contribution in [1.82, 2.24) is 4.57 Å². The van der Waals surface area contributed by atoms with Gasteiger partial charge < -0.3 is 4.57 Å². The number of hydrogen-bond donors (Lipinski definition) is 0. The quantitative estimate of drug-likeness (QED) is 0.189. The second-order valence-corrected chi connectivity index (χ2v) is 13.4. The molecule has 0 saturated carbocycles. The van der Waals surface area contributed by atoms with E-state index in [2.05, 4.69) is 154 Å². The molecule has 0 saturated heterocycles. The van der Waals surface area contributed by atoms with E-state index >= 15 is 0 Å². The average molecular weight is 564 g/mol. The fourth-order valence-electron chi connectivity index (χ4n) is 8.46. The summed E-state index contributed by atoms with van der Waals surface area (Å²) in [5.74, 6) is 0.292. The van der Waals surface area contributed by atoms with E-state index < -0.39 is 0 Å². The molecule has 1 unspecified atom stereocenters. The molecule has 6 aromatic carbocycles. The molecule has 9 rings (SSSR count). The number of rotatable bonds is 3. The molecule has 0 N–H and O–H groups in total. The minimum atomic E-state index is -0.0247. The monoisotopic (exact) mass is 563 g/mol. The minimum absolute atomic E-state index is 0.0247. The lowest BCUT2D eigenvalue weighted by Crippen LogP contribution is -2.38. The van der Waals surface area contributed by atoms with Crippen LogP contribution in [-0.2, 0) is 5.41 Å². The average Bonchev–Trinajstić information content (AvgIpc) is 3.52. The fraction of sp³-hybridized carbons (Fsp3) is 0.143. The Balaban J connectivity index is 1.36. The Morgan fingerprint density at radius 2 is 1.36 bits per heavy atom. The second kappa shape index (κ2) is 9.10. The SMILES string of the molecule is Cc1cc(-c2ccccc2C(C)c2ccccc2)c2c3c1c1ccccc1n3-c1cc3c(cc1B2)C(C)(C)c1ccccc1-3. The van der Waals surface area contributed by atoms with Crippen LogP contribution in [0.1, 0.15) is 54.5 Å². The molecular formula is C42H34BN. The zero-order valence-corrected chi connectivity index (χ0v) is 25.8. The molecule has 0 amide bonds. The Labute approximate surface area is 260 Å². The molecule has 2 heteroatoms. The normalized spacial score (nSPS) is 14.6. The van der Waals surface area contributed by atoms with Gasteiger partial charge in [-0.1, -0.05) is 135 Å². The molecule has 0 fully saturated rings. The van der Waals surface area contributed by atoms with E-state index in [0.717, 1.165) is 7.28 Å². The lowest BCUT2D eigenvalue weighted by atomic mass is 9.58. The minimum Gasteiger partial charge on any atom is -0.310 e. The van der Waals surface area contributed by atoms with Gasteiger partial charge in [-0.15, -0.1) is 0 Å². The van der Waals surface area contributed by atoms with Crippen molar-refractivity contribution in [1.29, 1.82) is 0 Å². The summed E-state index contributed by atoms with van der Waals surface area (Å²) in [5, 5.41) is 2.73. The smallest absolute Gasteiger partial charge is 0.198 e. The van der Waals surface area contributed by atoms with Crippen LogP contribution in [0.3, 0.4) is 0 Å². The third-order valence-corrected chi connectivity index (χ3v) is 10.6. The molecule has 2 aliphatic rings. The van der Waals surface area contributed by atoms with Crippen LogP contribution in [0.4, 0.5) is 0 Å². The van der Waals surface area contributed by atoms with Gasteiger partial charge in [0, 0.05) is 33.3 Å². The molecule has 1 aliphatic heterocycles. The predicted molar refractivity (Wildman–Crippen MR) is 189 cm³/mol. The summed E-state index contributed by atoms with van der Waals surface area (Å²) in [6.45, 7) is 9.43. The van der Waals surface area contributed by atoms with Gasteiger partial charge in [0.2, 0.25) is 0 Å². The predicted octanol–water partition coefficient (Wildman–Crippen LogP) is 8.92. The van der Waals surface area contributed by atoms with Crippen molar-refractivity contribution >= 4 is 40.0 Å². The summed E-state index contributed by atoms with van der Waals surface area (Å²) in [5.41, 5.74) is 19.2. The zero-order chi connectivity index (χ0) is 29.7. The topological polar surface area (TPSA) is 4.93 Å². The standard InChI is InChI=1S/C42H34BN/c1-25-22-33(29-17-9-8-16-28(29)26(2)27-14-6-5-7-15-27)40-41-39(25)31-19-11-13-21-37(31)44(41)38-23-32-30-18-10-12-20-34(30)42(3,4)35(32)24-36(38)43-40/h5-24,26,43H,1-4H3. The molecule has 0 spiro atoms. The molecule has 1 aromatic heterocycles. The molecule has 210 valence electrons. The van der Waals surface area contributed by atoms with Crippen LogP contribution in [0.25, 0.3) is 49.7 Å². The van der Waals surface area contributed by atoms with Crippen molar-refractivity contribution in [2.24, 2.45) is 0 Å². The van der Waals surface area contributed by atoms with E-state index in [1.807, 2.05) is 0 Å². The molecule has 1 atom stereocenters. The third-order valence-electron chi connectivity index (χ3n) is 10.6. The molecular weight excluding hydrogens is 529 g/mol. The highest BCUT2D eigenvalue weighted by atomic mass is 15.0. The molecule has 2 heterocycles. The first-order chi connectivity index (χ1) is 21.4. The van der Waals surface area contributed by atoms with Crippen molar-refractivity contribution in [2.75, 3.05) is 0 Å². The van der Waals surface area contributed by atoms with Gasteiger partial charge in [0.25, 0.3) is 0 Å². The van der Waals surface area contributed by atoms with Crippen molar-refractivity contribution in [3.05, 3.63) is 149 Å². The van der Waals surface area contributed by atoms with E-state index in [1.165, 1.54) is 88.5 Å². The highest BCUT2D eigenvalue weighted by molar-refractivity contribution is 6.73. The Bertz CT molecular complexity index is 2300. The van der Waals surface area contributed by atoms with Crippen LogP contribution in [0.5, 0.6) is 0 Å². The van der Waals surface area contributed by atoms with Crippen LogP contribution in [0.15, 0.2) is 121 Å². The van der Waals surface area contributed by atoms with Gasteiger partial charge >= 0.3 is 0 Å². The largest absolute Gasteiger partial charge is 0.310 e. The first-order valence-electron chi connectivity index (χ1n) is 15.9. The number of nitrogens with zero attached hydrogens (tertiary/aromatic N) is 1. The highest BCUT2D eigenvalue weighted by Gasteiger charge is 2.37. The van der Waals surface area contributed by atoms with E-state index in [0.29, 0.717) is 5.92 Å². The Kier molecular flexibility index (Phi) is 5.31. The van der Waals surface area contributed by atoms with Gasteiger partial charge in [0.1, 0.15) is 0 Å². The molecule has 1 aliphatic carbocycles. The number of para-hydroxylation sites is 1. The molecule has 0 radical (unpaired) electrons. The van der Waals surface area contributed by atoms with Gasteiger partial charge in [-0.05, 0) is 74.6 Å². The van der Waals surface area contributed by atoms with Gasteiger partial charge in [-0.3, -0.25) is 0 Å². The summed E-state index contributed by atoms with van der Waals surface area (Å²) in [4.78, 5) is 0. The Hall–Kier alpha value is -4.82. The molecule has 0 bridgehead atoms. The van der Waals surface area contributed by atoms with Crippen LogP contribution in [0, 0.1) is 6.92 Å². The molecule has 44 heavy (non-hydrogen) atoms. The first kappa shape index (κ1) is 25.7. The summed E-state index contributed by atoms with van der Waals surface area (Å²) in [6.07, 6.45) is 0.